The zero-order valence-electron chi connectivity index (χ0n) is 43.7. The van der Waals surface area contributed by atoms with Crippen molar-refractivity contribution in [1.82, 2.24) is 0 Å². The number of rotatable bonds is 22. The first-order chi connectivity index (χ1) is 38.6. The average molecular weight is 1040 g/mol. The number of hydrogen-bond acceptors (Lipinski definition) is 10. The van der Waals surface area contributed by atoms with Gasteiger partial charge in [0.05, 0.1) is 39.6 Å². The van der Waals surface area contributed by atoms with Gasteiger partial charge >= 0.3 is 0 Å². The van der Waals surface area contributed by atoms with E-state index < -0.39 is 66.8 Å². The minimum Gasteiger partial charge on any atom is -0.387 e. The van der Waals surface area contributed by atoms with Crippen LogP contribution in [-0.4, -0.2) is 80.0 Å². The molecule has 10 nitrogen and oxygen atoms in total. The first-order valence-electron chi connectivity index (χ1n) is 26.7. The number of aliphatic hydroxyl groups excluding tert-OH is 1. The highest BCUT2D eigenvalue weighted by atomic mass is 16.7. The van der Waals surface area contributed by atoms with E-state index in [-0.39, 0.29) is 39.6 Å². The fraction of sp³-hybridized carbons (Fsp3) is 0.265. The van der Waals surface area contributed by atoms with Gasteiger partial charge in [0.2, 0.25) is 0 Å². The topological polar surface area (TPSA) is 103 Å². The summed E-state index contributed by atoms with van der Waals surface area (Å²) in [7, 11) is 1.58. The van der Waals surface area contributed by atoms with E-state index >= 15 is 0 Å². The lowest BCUT2D eigenvalue weighted by Gasteiger charge is -2.45. The Kier molecular flexibility index (Phi) is 19.1. The molecule has 2 saturated heterocycles. The van der Waals surface area contributed by atoms with Crippen LogP contribution in [0.3, 0.4) is 0 Å². The fourth-order valence-corrected chi connectivity index (χ4v) is 10.2. The van der Waals surface area contributed by atoms with E-state index in [1.165, 1.54) is 0 Å². The van der Waals surface area contributed by atoms with E-state index in [2.05, 4.69) is 48.2 Å². The van der Waals surface area contributed by atoms with Crippen LogP contribution >= 0.6 is 0 Å². The summed E-state index contributed by atoms with van der Waals surface area (Å²) < 4.78 is 61.7. The Morgan fingerprint density at radius 2 is 0.692 bits per heavy atom. The van der Waals surface area contributed by atoms with E-state index in [0.29, 0.717) is 0 Å². The minimum absolute atomic E-state index is 0.00143. The average Bonchev–Trinajstić information content (AvgIpc) is 3.61. The van der Waals surface area contributed by atoms with Gasteiger partial charge in [-0.2, -0.15) is 0 Å². The van der Waals surface area contributed by atoms with Crippen molar-refractivity contribution in [3.8, 4) is 11.8 Å². The molecule has 2 aliphatic rings. The number of ether oxygens (including phenoxy) is 9. The van der Waals surface area contributed by atoms with Crippen molar-refractivity contribution >= 4 is 0 Å². The van der Waals surface area contributed by atoms with Crippen molar-refractivity contribution in [1.29, 1.82) is 0 Å². The molecule has 10 heteroatoms. The Morgan fingerprint density at radius 3 is 1.08 bits per heavy atom. The molecule has 0 unspecified atom stereocenters. The first-order valence-corrected chi connectivity index (χ1v) is 26.7. The summed E-state index contributed by atoms with van der Waals surface area (Å²) in [6, 6.07) is 80.2. The normalized spacial score (nSPS) is 23.2. The van der Waals surface area contributed by atoms with Crippen molar-refractivity contribution < 1.29 is 47.7 Å². The van der Waals surface area contributed by atoms with Crippen LogP contribution in [0.15, 0.2) is 243 Å². The molecular formula is C68H66O10. The second kappa shape index (κ2) is 27.5. The largest absolute Gasteiger partial charge is 0.387 e. The van der Waals surface area contributed by atoms with E-state index in [1.54, 1.807) is 7.11 Å². The quantitative estimate of drug-likeness (QED) is 0.0521. The molecule has 0 amide bonds. The fourth-order valence-electron chi connectivity index (χ4n) is 10.2. The van der Waals surface area contributed by atoms with Gasteiger partial charge in [-0.1, -0.05) is 254 Å². The van der Waals surface area contributed by atoms with Crippen LogP contribution < -0.4 is 0 Å². The molecule has 2 heterocycles. The Labute approximate surface area is 458 Å². The summed E-state index contributed by atoms with van der Waals surface area (Å²) in [6.45, 7) is 1.15. The molecule has 398 valence electrons. The molecule has 10 rings (SSSR count). The lowest BCUT2D eigenvalue weighted by molar-refractivity contribution is -0.307. The van der Waals surface area contributed by atoms with Crippen LogP contribution in [0.5, 0.6) is 0 Å². The Hall–Kier alpha value is -7.08. The third-order valence-electron chi connectivity index (χ3n) is 14.2. The Balaban J connectivity index is 1.04. The molecule has 2 fully saturated rings. The van der Waals surface area contributed by atoms with Gasteiger partial charge in [0.25, 0.3) is 0 Å². The molecule has 0 bridgehead atoms. The number of aliphatic hydroxyl groups is 1. The summed E-state index contributed by atoms with van der Waals surface area (Å²) in [4.78, 5) is 0. The molecule has 78 heavy (non-hydrogen) atoms. The van der Waals surface area contributed by atoms with Crippen molar-refractivity contribution in [2.75, 3.05) is 13.7 Å². The highest BCUT2D eigenvalue weighted by Crippen LogP contribution is 2.42. The standard InChI is InChI=1S/C68H66O10/c1-70-67-66(75-48-54-34-18-6-19-35-54)65(74-47-53-32-16-5-17-33-53)62(71-44-50-26-10-2-11-27-50)59(78-67)43-42-58-61(69)64(73-46-52-30-14-4-15-31-52)63(72-45-51-28-12-3-13-29-51)60(77-58)49-76-68(55-36-20-7-21-37-55,56-38-22-8-23-39-56)57-40-24-9-25-41-57/h2-41,58-67,69H,44-49H2,1H3/t58-,59-,60-,61+,62-,63-,64-,65+,66-,67+/m1/s1. The second-order valence-electron chi connectivity index (χ2n) is 19.4. The lowest BCUT2D eigenvalue weighted by atomic mass is 9.80. The molecule has 1 N–H and O–H groups in total. The van der Waals surface area contributed by atoms with E-state index in [9.17, 15) is 5.11 Å². The number of methoxy groups -OCH3 is 1. The molecule has 0 spiro atoms. The number of hydrogen-bond donors (Lipinski definition) is 1. The lowest BCUT2D eigenvalue weighted by Crippen LogP contribution is -2.61. The maximum atomic E-state index is 12.8. The molecule has 8 aromatic carbocycles. The van der Waals surface area contributed by atoms with Crippen molar-refractivity contribution in [3.63, 3.8) is 0 Å². The van der Waals surface area contributed by atoms with Crippen molar-refractivity contribution in [3.05, 3.63) is 287 Å². The SMILES string of the molecule is CO[C@H]1O[C@H](C#C[C@H]2O[C@H](COC(c3ccccc3)(c3ccccc3)c3ccccc3)[C@@H](OCc3ccccc3)[C@H](OCc3ccccc3)[C@H]2O)[C@@H](OCc2ccccc2)[C@H](OCc2ccccc2)[C@H]1OCc1ccccc1. The zero-order valence-corrected chi connectivity index (χ0v) is 43.7. The predicted octanol–water partition coefficient (Wildman–Crippen LogP) is 11.4. The van der Waals surface area contributed by atoms with E-state index in [0.717, 1.165) is 44.5 Å². The molecule has 0 radical (unpaired) electrons. The van der Waals surface area contributed by atoms with Crippen LogP contribution in [0, 0.1) is 11.8 Å². The van der Waals surface area contributed by atoms with Gasteiger partial charge in [-0.15, -0.1) is 0 Å². The highest BCUT2D eigenvalue weighted by molar-refractivity contribution is 5.47. The van der Waals surface area contributed by atoms with Crippen LogP contribution in [-0.2, 0) is 81.3 Å². The molecule has 2 aliphatic heterocycles. The first kappa shape index (κ1) is 54.3. The summed E-state index contributed by atoms with van der Waals surface area (Å²) in [6.07, 6.45) is -9.26. The summed E-state index contributed by atoms with van der Waals surface area (Å²) in [5.41, 5.74) is 6.44. The summed E-state index contributed by atoms with van der Waals surface area (Å²) in [5, 5.41) is 12.8. The van der Waals surface area contributed by atoms with E-state index in [1.807, 2.05) is 206 Å². The van der Waals surface area contributed by atoms with Gasteiger partial charge < -0.3 is 47.7 Å². The summed E-state index contributed by atoms with van der Waals surface area (Å²) >= 11 is 0. The molecule has 0 saturated carbocycles. The van der Waals surface area contributed by atoms with Crippen LogP contribution in [0.4, 0.5) is 0 Å². The van der Waals surface area contributed by atoms with Gasteiger partial charge in [-0.3, -0.25) is 0 Å². The second-order valence-corrected chi connectivity index (χ2v) is 19.4. The van der Waals surface area contributed by atoms with Gasteiger partial charge in [-0.25, -0.2) is 0 Å². The molecular weight excluding hydrogens is 977 g/mol. The third-order valence-corrected chi connectivity index (χ3v) is 14.2. The predicted molar refractivity (Wildman–Crippen MR) is 298 cm³/mol. The Morgan fingerprint density at radius 1 is 0.372 bits per heavy atom. The van der Waals surface area contributed by atoms with Crippen molar-refractivity contribution in [2.24, 2.45) is 0 Å². The van der Waals surface area contributed by atoms with Crippen LogP contribution in [0.2, 0.25) is 0 Å². The van der Waals surface area contributed by atoms with Gasteiger partial charge in [0.15, 0.2) is 6.29 Å². The minimum atomic E-state index is -1.31. The zero-order chi connectivity index (χ0) is 53.2. The smallest absolute Gasteiger partial charge is 0.187 e. The van der Waals surface area contributed by atoms with Gasteiger partial charge in [-0.05, 0) is 44.5 Å². The molecule has 10 atom stereocenters. The monoisotopic (exact) mass is 1040 g/mol. The molecule has 0 aromatic heterocycles. The molecule has 0 aliphatic carbocycles. The van der Waals surface area contributed by atoms with Gasteiger partial charge in [0.1, 0.15) is 60.5 Å². The molecule has 8 aromatic rings. The maximum absolute atomic E-state index is 12.8. The van der Waals surface area contributed by atoms with Gasteiger partial charge in [0, 0.05) is 7.11 Å². The highest BCUT2D eigenvalue weighted by Gasteiger charge is 2.51. The number of benzene rings is 8. The third kappa shape index (κ3) is 13.6. The van der Waals surface area contributed by atoms with Crippen molar-refractivity contribution in [2.45, 2.75) is 99.9 Å². The van der Waals surface area contributed by atoms with Crippen LogP contribution in [0.25, 0.3) is 0 Å². The maximum Gasteiger partial charge on any atom is 0.187 e. The van der Waals surface area contributed by atoms with E-state index in [4.69, 9.17) is 42.6 Å². The Bertz CT molecular complexity index is 2940. The summed E-state index contributed by atoms with van der Waals surface area (Å²) in [5.74, 6) is 6.75. The van der Waals surface area contributed by atoms with Crippen LogP contribution in [0.1, 0.15) is 44.5 Å².